The van der Waals surface area contributed by atoms with Gasteiger partial charge in [-0.2, -0.15) is 0 Å². The molecule has 0 atom stereocenters. The molecule has 1 aromatic carbocycles. The van der Waals surface area contributed by atoms with E-state index in [9.17, 15) is 0 Å². The Labute approximate surface area is 113 Å². The van der Waals surface area contributed by atoms with Gasteiger partial charge >= 0.3 is 0 Å². The Morgan fingerprint density at radius 1 is 1.21 bits per heavy atom. The average molecular weight is 257 g/mol. The van der Waals surface area contributed by atoms with Gasteiger partial charge in [0, 0.05) is 11.8 Å². The van der Waals surface area contributed by atoms with Crippen molar-refractivity contribution in [1.82, 2.24) is 9.97 Å². The van der Waals surface area contributed by atoms with Crippen LogP contribution in [0.2, 0.25) is 0 Å². The van der Waals surface area contributed by atoms with Gasteiger partial charge in [0.15, 0.2) is 5.82 Å². The number of aromatic nitrogens is 2. The monoisotopic (exact) mass is 257 g/mol. The predicted octanol–water partition coefficient (Wildman–Crippen LogP) is 3.07. The quantitative estimate of drug-likeness (QED) is 0.914. The van der Waals surface area contributed by atoms with Gasteiger partial charge in [-0.05, 0) is 24.5 Å². The van der Waals surface area contributed by atoms with Crippen LogP contribution in [-0.2, 0) is 6.61 Å². The van der Waals surface area contributed by atoms with Crippen LogP contribution in [0.15, 0.2) is 30.3 Å². The third kappa shape index (κ3) is 3.44. The first-order chi connectivity index (χ1) is 9.06. The number of hydrogen-bond acceptors (Lipinski definition) is 4. The van der Waals surface area contributed by atoms with E-state index in [0.29, 0.717) is 24.2 Å². The van der Waals surface area contributed by atoms with Crippen molar-refractivity contribution in [1.29, 1.82) is 0 Å². The highest BCUT2D eigenvalue weighted by atomic mass is 16.5. The molecule has 0 unspecified atom stereocenters. The molecule has 0 spiro atoms. The van der Waals surface area contributed by atoms with Crippen molar-refractivity contribution in [2.75, 3.05) is 5.73 Å². The molecule has 2 aromatic rings. The molecule has 2 rings (SSSR count). The Morgan fingerprint density at radius 3 is 2.63 bits per heavy atom. The summed E-state index contributed by atoms with van der Waals surface area (Å²) >= 11 is 0. The number of benzene rings is 1. The van der Waals surface area contributed by atoms with E-state index < -0.39 is 0 Å². The van der Waals surface area contributed by atoms with Gasteiger partial charge in [0.1, 0.15) is 18.2 Å². The van der Waals surface area contributed by atoms with Gasteiger partial charge in [-0.25, -0.2) is 9.97 Å². The molecule has 0 aliphatic heterocycles. The largest absolute Gasteiger partial charge is 0.485 e. The van der Waals surface area contributed by atoms with Crippen LogP contribution in [0, 0.1) is 6.92 Å². The molecular formula is C15H19N3O. The molecule has 4 nitrogen and oxygen atoms in total. The number of aryl methyl sites for hydroxylation is 1. The highest BCUT2D eigenvalue weighted by Crippen LogP contribution is 2.26. The normalized spacial score (nSPS) is 10.7. The lowest BCUT2D eigenvalue weighted by Gasteiger charge is -2.13. The number of anilines is 1. The summed E-state index contributed by atoms with van der Waals surface area (Å²) in [6.45, 7) is 6.51. The van der Waals surface area contributed by atoms with E-state index >= 15 is 0 Å². The van der Waals surface area contributed by atoms with Gasteiger partial charge in [-0.15, -0.1) is 0 Å². The minimum Gasteiger partial charge on any atom is -0.485 e. The Morgan fingerprint density at radius 2 is 1.95 bits per heavy atom. The van der Waals surface area contributed by atoms with Crippen LogP contribution in [0.25, 0.3) is 0 Å². The molecule has 0 bridgehead atoms. The van der Waals surface area contributed by atoms with E-state index in [1.54, 1.807) is 6.07 Å². The second-order valence-electron chi connectivity index (χ2n) is 4.83. The molecule has 100 valence electrons. The number of hydrogen-bond donors (Lipinski definition) is 1. The lowest BCUT2D eigenvalue weighted by molar-refractivity contribution is 0.291. The number of nitrogens with zero attached hydrogens (tertiary/aromatic N) is 2. The first-order valence-corrected chi connectivity index (χ1v) is 6.38. The third-order valence-corrected chi connectivity index (χ3v) is 2.82. The average Bonchev–Trinajstić information content (AvgIpc) is 2.35. The molecule has 1 aromatic heterocycles. The maximum Gasteiger partial charge on any atom is 0.168 e. The summed E-state index contributed by atoms with van der Waals surface area (Å²) in [6.07, 6.45) is 0. The molecule has 19 heavy (non-hydrogen) atoms. The zero-order valence-corrected chi connectivity index (χ0v) is 11.6. The summed E-state index contributed by atoms with van der Waals surface area (Å²) in [5.41, 5.74) is 7.73. The third-order valence-electron chi connectivity index (χ3n) is 2.82. The lowest BCUT2D eigenvalue weighted by atomic mass is 10.0. The van der Waals surface area contributed by atoms with Crippen molar-refractivity contribution in [3.05, 3.63) is 47.4 Å². The molecule has 4 heteroatoms. The summed E-state index contributed by atoms with van der Waals surface area (Å²) < 4.78 is 5.81. The van der Waals surface area contributed by atoms with Crippen molar-refractivity contribution in [3.8, 4) is 5.75 Å². The van der Waals surface area contributed by atoms with Crippen molar-refractivity contribution < 1.29 is 4.74 Å². The van der Waals surface area contributed by atoms with Gasteiger partial charge in [-0.3, -0.25) is 0 Å². The van der Waals surface area contributed by atoms with E-state index in [0.717, 1.165) is 11.4 Å². The number of ether oxygens (including phenoxy) is 1. The molecule has 0 saturated heterocycles. The van der Waals surface area contributed by atoms with Crippen LogP contribution in [0.3, 0.4) is 0 Å². The molecular weight excluding hydrogens is 238 g/mol. The highest BCUT2D eigenvalue weighted by Gasteiger charge is 2.08. The SMILES string of the molecule is Cc1cc(N)nc(COc2ccccc2C(C)C)n1. The predicted molar refractivity (Wildman–Crippen MR) is 76.0 cm³/mol. The summed E-state index contributed by atoms with van der Waals surface area (Å²) in [5.74, 6) is 2.38. The van der Waals surface area contributed by atoms with Gasteiger partial charge in [0.25, 0.3) is 0 Å². The smallest absolute Gasteiger partial charge is 0.168 e. The van der Waals surface area contributed by atoms with E-state index in [1.165, 1.54) is 5.56 Å². The number of nitrogens with two attached hydrogens (primary N) is 1. The highest BCUT2D eigenvalue weighted by molar-refractivity contribution is 5.35. The van der Waals surface area contributed by atoms with Crippen LogP contribution in [-0.4, -0.2) is 9.97 Å². The molecule has 2 N–H and O–H groups in total. The topological polar surface area (TPSA) is 61.0 Å². The van der Waals surface area contributed by atoms with E-state index in [-0.39, 0.29) is 0 Å². The van der Waals surface area contributed by atoms with Crippen molar-refractivity contribution in [2.24, 2.45) is 0 Å². The van der Waals surface area contributed by atoms with E-state index in [4.69, 9.17) is 10.5 Å². The minimum atomic E-state index is 0.329. The zero-order valence-electron chi connectivity index (χ0n) is 11.6. The number of rotatable bonds is 4. The lowest BCUT2D eigenvalue weighted by Crippen LogP contribution is -2.06. The van der Waals surface area contributed by atoms with E-state index in [2.05, 4.69) is 29.9 Å². The first kappa shape index (κ1) is 13.3. The van der Waals surface area contributed by atoms with Crippen LogP contribution in [0.4, 0.5) is 5.82 Å². The van der Waals surface area contributed by atoms with Crippen molar-refractivity contribution in [3.63, 3.8) is 0 Å². The van der Waals surface area contributed by atoms with Crippen LogP contribution in [0.1, 0.15) is 36.8 Å². The fraction of sp³-hybridized carbons (Fsp3) is 0.333. The molecule has 0 saturated carbocycles. The van der Waals surface area contributed by atoms with Crippen molar-refractivity contribution in [2.45, 2.75) is 33.3 Å². The molecule has 0 fully saturated rings. The second-order valence-corrected chi connectivity index (χ2v) is 4.83. The Balaban J connectivity index is 2.14. The van der Waals surface area contributed by atoms with Crippen molar-refractivity contribution >= 4 is 5.82 Å². The fourth-order valence-electron chi connectivity index (χ4n) is 1.95. The summed E-state index contributed by atoms with van der Waals surface area (Å²) in [7, 11) is 0. The van der Waals surface area contributed by atoms with Gasteiger partial charge in [0.2, 0.25) is 0 Å². The Kier molecular flexibility index (Phi) is 4.00. The minimum absolute atomic E-state index is 0.329. The van der Waals surface area contributed by atoms with Gasteiger partial charge < -0.3 is 10.5 Å². The molecule has 0 amide bonds. The zero-order chi connectivity index (χ0) is 13.8. The second kappa shape index (κ2) is 5.69. The Hall–Kier alpha value is -2.10. The first-order valence-electron chi connectivity index (χ1n) is 6.38. The number of nitrogen functional groups attached to an aromatic ring is 1. The molecule has 0 aliphatic carbocycles. The maximum absolute atomic E-state index is 5.81. The summed E-state index contributed by atoms with van der Waals surface area (Å²) in [5, 5.41) is 0. The summed E-state index contributed by atoms with van der Waals surface area (Å²) in [4.78, 5) is 8.47. The van der Waals surface area contributed by atoms with Crippen LogP contribution < -0.4 is 10.5 Å². The fourth-order valence-corrected chi connectivity index (χ4v) is 1.95. The summed E-state index contributed by atoms with van der Waals surface area (Å²) in [6, 6.07) is 9.77. The molecule has 1 heterocycles. The molecule has 0 radical (unpaired) electrons. The molecule has 0 aliphatic rings. The van der Waals surface area contributed by atoms with E-state index in [1.807, 2.05) is 25.1 Å². The van der Waals surface area contributed by atoms with Crippen LogP contribution in [0.5, 0.6) is 5.75 Å². The van der Waals surface area contributed by atoms with Gasteiger partial charge in [-0.1, -0.05) is 32.0 Å². The maximum atomic E-state index is 5.81. The number of para-hydroxylation sites is 1. The van der Waals surface area contributed by atoms with Gasteiger partial charge in [0.05, 0.1) is 0 Å². The van der Waals surface area contributed by atoms with Crippen LogP contribution >= 0.6 is 0 Å². The Bertz CT molecular complexity index is 547. The standard InChI is InChI=1S/C15H19N3O/c1-10(2)12-6-4-5-7-13(12)19-9-15-17-11(3)8-14(16)18-15/h4-8,10H,9H2,1-3H3,(H2,16,17,18).